The third-order valence-electron chi connectivity index (χ3n) is 2.93. The number of hydrogen-bond acceptors (Lipinski definition) is 5. The van der Waals surface area contributed by atoms with Crippen LogP contribution in [0, 0.1) is 13.8 Å². The second-order valence-corrected chi connectivity index (χ2v) is 5.21. The van der Waals surface area contributed by atoms with Crippen LogP contribution in [0.5, 0.6) is 0 Å². The predicted molar refractivity (Wildman–Crippen MR) is 76.9 cm³/mol. The Morgan fingerprint density at radius 2 is 2.11 bits per heavy atom. The van der Waals surface area contributed by atoms with E-state index in [2.05, 4.69) is 33.7 Å². The Kier molecular flexibility index (Phi) is 3.81. The molecule has 0 saturated carbocycles. The topological polar surface area (TPSA) is 63.8 Å². The van der Waals surface area contributed by atoms with Crippen LogP contribution in [-0.4, -0.2) is 9.97 Å². The van der Waals surface area contributed by atoms with Crippen LogP contribution >= 0.6 is 11.3 Å². The molecule has 2 aromatic heterocycles. The molecule has 0 saturated heterocycles. The Morgan fingerprint density at radius 3 is 2.83 bits per heavy atom. The molecule has 4 nitrogen and oxygen atoms in total. The van der Waals surface area contributed by atoms with E-state index in [0.29, 0.717) is 11.6 Å². The standard InChI is InChI=1S/C13H18N4S/c1-4-10-5-6-18-11(10)7-15-13-8(2)12(14)16-9(3)17-13/h5-6H,4,7H2,1-3H3,(H3,14,15,16,17). The van der Waals surface area contributed by atoms with Crippen molar-refractivity contribution in [1.82, 2.24) is 9.97 Å². The number of nitrogen functional groups attached to an aromatic ring is 1. The summed E-state index contributed by atoms with van der Waals surface area (Å²) in [5.74, 6) is 2.07. The second kappa shape index (κ2) is 5.35. The first-order chi connectivity index (χ1) is 8.61. The van der Waals surface area contributed by atoms with Crippen LogP contribution in [0.2, 0.25) is 0 Å². The summed E-state index contributed by atoms with van der Waals surface area (Å²) >= 11 is 1.77. The monoisotopic (exact) mass is 262 g/mol. The summed E-state index contributed by atoms with van der Waals surface area (Å²) in [4.78, 5) is 9.89. The molecule has 0 spiro atoms. The van der Waals surface area contributed by atoms with Crippen molar-refractivity contribution in [3.8, 4) is 0 Å². The maximum Gasteiger partial charge on any atom is 0.135 e. The van der Waals surface area contributed by atoms with Crippen molar-refractivity contribution in [3.63, 3.8) is 0 Å². The minimum Gasteiger partial charge on any atom is -0.383 e. The lowest BCUT2D eigenvalue weighted by Crippen LogP contribution is -2.08. The van der Waals surface area contributed by atoms with E-state index < -0.39 is 0 Å². The van der Waals surface area contributed by atoms with Gasteiger partial charge in [-0.3, -0.25) is 0 Å². The van der Waals surface area contributed by atoms with Gasteiger partial charge in [-0.1, -0.05) is 6.92 Å². The molecule has 0 atom stereocenters. The van der Waals surface area contributed by atoms with Crippen molar-refractivity contribution in [2.45, 2.75) is 33.7 Å². The lowest BCUT2D eigenvalue weighted by Gasteiger charge is -2.10. The number of nitrogens with two attached hydrogens (primary N) is 1. The maximum atomic E-state index is 5.84. The van der Waals surface area contributed by atoms with Crippen molar-refractivity contribution < 1.29 is 0 Å². The maximum absolute atomic E-state index is 5.84. The number of hydrogen-bond donors (Lipinski definition) is 2. The average molecular weight is 262 g/mol. The summed E-state index contributed by atoms with van der Waals surface area (Å²) in [5, 5.41) is 5.48. The van der Waals surface area contributed by atoms with Gasteiger partial charge in [0, 0.05) is 10.4 Å². The van der Waals surface area contributed by atoms with Crippen molar-refractivity contribution in [1.29, 1.82) is 0 Å². The molecule has 0 aromatic carbocycles. The number of anilines is 2. The molecule has 0 aliphatic carbocycles. The first kappa shape index (κ1) is 12.8. The Balaban J connectivity index is 2.16. The van der Waals surface area contributed by atoms with Gasteiger partial charge < -0.3 is 11.1 Å². The van der Waals surface area contributed by atoms with Gasteiger partial charge in [0.1, 0.15) is 17.5 Å². The molecule has 0 radical (unpaired) electrons. The number of nitrogens with one attached hydrogen (secondary N) is 1. The normalized spacial score (nSPS) is 10.6. The average Bonchev–Trinajstić information content (AvgIpc) is 2.79. The molecular weight excluding hydrogens is 244 g/mol. The molecule has 0 amide bonds. The van der Waals surface area contributed by atoms with Gasteiger partial charge in [0.15, 0.2) is 0 Å². The van der Waals surface area contributed by atoms with Gasteiger partial charge in [-0.15, -0.1) is 11.3 Å². The molecule has 18 heavy (non-hydrogen) atoms. The molecule has 0 bridgehead atoms. The summed E-state index contributed by atoms with van der Waals surface area (Å²) in [6.45, 7) is 6.75. The van der Waals surface area contributed by atoms with E-state index in [0.717, 1.165) is 24.3 Å². The third kappa shape index (κ3) is 2.61. The van der Waals surface area contributed by atoms with Gasteiger partial charge in [-0.25, -0.2) is 9.97 Å². The minimum atomic E-state index is 0.548. The molecule has 0 aliphatic heterocycles. The number of nitrogens with zero attached hydrogens (tertiary/aromatic N) is 2. The van der Waals surface area contributed by atoms with Gasteiger partial charge in [0.2, 0.25) is 0 Å². The quantitative estimate of drug-likeness (QED) is 0.889. The second-order valence-electron chi connectivity index (χ2n) is 4.21. The molecule has 0 aliphatic rings. The molecule has 0 unspecified atom stereocenters. The zero-order valence-electron chi connectivity index (χ0n) is 10.9. The van der Waals surface area contributed by atoms with Crippen LogP contribution < -0.4 is 11.1 Å². The molecule has 2 rings (SSSR count). The molecule has 96 valence electrons. The van der Waals surface area contributed by atoms with E-state index in [1.807, 2.05) is 13.8 Å². The van der Waals surface area contributed by atoms with Crippen LogP contribution in [0.4, 0.5) is 11.6 Å². The molecule has 0 fully saturated rings. The molecule has 2 aromatic rings. The van der Waals surface area contributed by atoms with Gasteiger partial charge in [0.05, 0.1) is 6.54 Å². The molecule has 3 N–H and O–H groups in total. The lowest BCUT2D eigenvalue weighted by atomic mass is 10.2. The Labute approximate surface area is 111 Å². The summed E-state index contributed by atoms with van der Waals surface area (Å²) in [6.07, 6.45) is 1.06. The highest BCUT2D eigenvalue weighted by Crippen LogP contribution is 2.21. The molecule has 2 heterocycles. The molecule has 5 heteroatoms. The fraction of sp³-hybridized carbons (Fsp3) is 0.385. The number of thiophene rings is 1. The smallest absolute Gasteiger partial charge is 0.135 e. The summed E-state index contributed by atoms with van der Waals surface area (Å²) < 4.78 is 0. The highest BCUT2D eigenvalue weighted by Gasteiger charge is 2.08. The van der Waals surface area contributed by atoms with Gasteiger partial charge in [0.25, 0.3) is 0 Å². The molecular formula is C13H18N4S. The fourth-order valence-corrected chi connectivity index (χ4v) is 2.74. The first-order valence-electron chi connectivity index (χ1n) is 6.01. The van der Waals surface area contributed by atoms with E-state index in [-0.39, 0.29) is 0 Å². The van der Waals surface area contributed by atoms with Crippen LogP contribution in [0.25, 0.3) is 0 Å². The van der Waals surface area contributed by atoms with E-state index in [9.17, 15) is 0 Å². The van der Waals surface area contributed by atoms with Crippen molar-refractivity contribution in [2.75, 3.05) is 11.1 Å². The van der Waals surface area contributed by atoms with Crippen molar-refractivity contribution in [3.05, 3.63) is 33.3 Å². The van der Waals surface area contributed by atoms with Crippen LogP contribution in [0.3, 0.4) is 0 Å². The van der Waals surface area contributed by atoms with Gasteiger partial charge >= 0.3 is 0 Å². The fourth-order valence-electron chi connectivity index (χ4n) is 1.82. The number of rotatable bonds is 4. The highest BCUT2D eigenvalue weighted by atomic mass is 32.1. The SMILES string of the molecule is CCc1ccsc1CNc1nc(C)nc(N)c1C. The number of aryl methyl sites for hydroxylation is 2. The van der Waals surface area contributed by atoms with E-state index in [4.69, 9.17) is 5.73 Å². The van der Waals surface area contributed by atoms with Crippen LogP contribution in [-0.2, 0) is 13.0 Å². The van der Waals surface area contributed by atoms with Crippen molar-refractivity contribution >= 4 is 23.0 Å². The summed E-state index contributed by atoms with van der Waals surface area (Å²) in [6, 6.07) is 2.17. The highest BCUT2D eigenvalue weighted by molar-refractivity contribution is 7.10. The Hall–Kier alpha value is -1.62. The van der Waals surface area contributed by atoms with Gasteiger partial charge in [-0.05, 0) is 37.3 Å². The van der Waals surface area contributed by atoms with Crippen molar-refractivity contribution in [2.24, 2.45) is 0 Å². The van der Waals surface area contributed by atoms with Crippen LogP contribution in [0.15, 0.2) is 11.4 Å². The van der Waals surface area contributed by atoms with E-state index >= 15 is 0 Å². The Bertz CT molecular complexity index is 548. The third-order valence-corrected chi connectivity index (χ3v) is 3.89. The largest absolute Gasteiger partial charge is 0.383 e. The van der Waals surface area contributed by atoms with E-state index in [1.165, 1.54) is 10.4 Å². The summed E-state index contributed by atoms with van der Waals surface area (Å²) in [7, 11) is 0. The minimum absolute atomic E-state index is 0.548. The Morgan fingerprint density at radius 1 is 1.33 bits per heavy atom. The van der Waals surface area contributed by atoms with E-state index in [1.54, 1.807) is 11.3 Å². The first-order valence-corrected chi connectivity index (χ1v) is 6.89. The predicted octanol–water partition coefficient (Wildman–Crippen LogP) is 2.91. The summed E-state index contributed by atoms with van der Waals surface area (Å²) in [5.41, 5.74) is 8.14. The lowest BCUT2D eigenvalue weighted by molar-refractivity contribution is 1.01. The van der Waals surface area contributed by atoms with Gasteiger partial charge in [-0.2, -0.15) is 0 Å². The zero-order valence-corrected chi connectivity index (χ0v) is 11.8. The zero-order chi connectivity index (χ0) is 13.1. The van der Waals surface area contributed by atoms with Crippen LogP contribution in [0.1, 0.15) is 28.8 Å². The number of aromatic nitrogens is 2.